The summed E-state index contributed by atoms with van der Waals surface area (Å²) in [5.74, 6) is 0.572. The third-order valence-corrected chi connectivity index (χ3v) is 6.23. The SMILES string of the molecule is CC1CCCN(C(=O)c2sc3nc(-c4ccc(Cl)cc4)ccc3c2N)C1. The highest BCUT2D eigenvalue weighted by Crippen LogP contribution is 2.35. The Labute approximate surface area is 161 Å². The van der Waals surface area contributed by atoms with Crippen LogP contribution < -0.4 is 5.73 Å². The second-order valence-corrected chi connectivity index (χ2v) is 8.34. The average molecular weight is 386 g/mol. The fourth-order valence-electron chi connectivity index (χ4n) is 3.45. The van der Waals surface area contributed by atoms with Gasteiger partial charge in [0.1, 0.15) is 9.71 Å². The van der Waals surface area contributed by atoms with Crippen LogP contribution in [0.15, 0.2) is 36.4 Å². The normalized spacial score (nSPS) is 17.6. The summed E-state index contributed by atoms with van der Waals surface area (Å²) in [5.41, 5.74) is 8.68. The molecule has 6 heteroatoms. The molecule has 0 spiro atoms. The summed E-state index contributed by atoms with van der Waals surface area (Å²) in [6.45, 7) is 3.80. The average Bonchev–Trinajstić information content (AvgIpc) is 2.98. The number of carbonyl (C=O) groups is 1. The number of anilines is 1. The van der Waals surface area contributed by atoms with Crippen molar-refractivity contribution in [3.63, 3.8) is 0 Å². The maximum Gasteiger partial charge on any atom is 0.266 e. The van der Waals surface area contributed by atoms with Crippen LogP contribution in [0.3, 0.4) is 0 Å². The molecule has 2 N–H and O–H groups in total. The fraction of sp³-hybridized carbons (Fsp3) is 0.300. The number of hydrogen-bond acceptors (Lipinski definition) is 4. The maximum absolute atomic E-state index is 12.9. The Hall–Kier alpha value is -2.11. The topological polar surface area (TPSA) is 59.2 Å². The molecule has 3 heterocycles. The Balaban J connectivity index is 1.70. The van der Waals surface area contributed by atoms with Crippen LogP contribution in [0.25, 0.3) is 21.5 Å². The number of benzene rings is 1. The third kappa shape index (κ3) is 3.17. The van der Waals surface area contributed by atoms with Crippen LogP contribution in [0.4, 0.5) is 5.69 Å². The Kier molecular flexibility index (Phi) is 4.59. The van der Waals surface area contributed by atoms with Gasteiger partial charge in [0.2, 0.25) is 0 Å². The molecule has 1 unspecified atom stereocenters. The Morgan fingerprint density at radius 2 is 2.04 bits per heavy atom. The van der Waals surface area contributed by atoms with E-state index >= 15 is 0 Å². The number of nitrogen functional groups attached to an aromatic ring is 1. The molecular weight excluding hydrogens is 366 g/mol. The van der Waals surface area contributed by atoms with Gasteiger partial charge in [-0.05, 0) is 43.0 Å². The second-order valence-electron chi connectivity index (χ2n) is 6.90. The Morgan fingerprint density at radius 3 is 2.77 bits per heavy atom. The summed E-state index contributed by atoms with van der Waals surface area (Å²) in [7, 11) is 0. The zero-order chi connectivity index (χ0) is 18.3. The summed E-state index contributed by atoms with van der Waals surface area (Å²) in [4.78, 5) is 21.0. The van der Waals surface area contributed by atoms with Gasteiger partial charge in [0.05, 0.1) is 11.4 Å². The number of amides is 1. The zero-order valence-corrected chi connectivity index (χ0v) is 16.1. The minimum Gasteiger partial charge on any atom is -0.397 e. The van der Waals surface area contributed by atoms with E-state index in [1.165, 1.54) is 17.8 Å². The van der Waals surface area contributed by atoms with Crippen molar-refractivity contribution in [2.75, 3.05) is 18.8 Å². The number of carbonyl (C=O) groups excluding carboxylic acids is 1. The van der Waals surface area contributed by atoms with E-state index in [1.54, 1.807) is 0 Å². The van der Waals surface area contributed by atoms with Gasteiger partial charge in [0.15, 0.2) is 0 Å². The van der Waals surface area contributed by atoms with Gasteiger partial charge in [0, 0.05) is 29.1 Å². The molecule has 1 atom stereocenters. The number of nitrogens with zero attached hydrogens (tertiary/aromatic N) is 2. The summed E-state index contributed by atoms with van der Waals surface area (Å²) in [6.07, 6.45) is 2.23. The molecule has 1 amide bonds. The molecule has 0 bridgehead atoms. The van der Waals surface area contributed by atoms with Crippen molar-refractivity contribution in [2.45, 2.75) is 19.8 Å². The number of thiophene rings is 1. The number of aromatic nitrogens is 1. The number of hydrogen-bond donors (Lipinski definition) is 1. The Morgan fingerprint density at radius 1 is 1.27 bits per heavy atom. The van der Waals surface area contributed by atoms with Gasteiger partial charge in [-0.25, -0.2) is 4.98 Å². The van der Waals surface area contributed by atoms with Crippen LogP contribution in [-0.2, 0) is 0 Å². The summed E-state index contributed by atoms with van der Waals surface area (Å²) in [5, 5.41) is 1.54. The van der Waals surface area contributed by atoms with Crippen molar-refractivity contribution in [3.05, 3.63) is 46.3 Å². The predicted molar refractivity (Wildman–Crippen MR) is 109 cm³/mol. The van der Waals surface area contributed by atoms with Gasteiger partial charge >= 0.3 is 0 Å². The van der Waals surface area contributed by atoms with E-state index in [-0.39, 0.29) is 5.91 Å². The van der Waals surface area contributed by atoms with E-state index in [0.29, 0.717) is 21.5 Å². The number of nitrogens with two attached hydrogens (primary N) is 1. The zero-order valence-electron chi connectivity index (χ0n) is 14.5. The predicted octanol–water partition coefficient (Wildman–Crippen LogP) is 5.07. The molecule has 0 radical (unpaired) electrons. The maximum atomic E-state index is 12.9. The minimum absolute atomic E-state index is 0.0325. The summed E-state index contributed by atoms with van der Waals surface area (Å²) < 4.78 is 0. The van der Waals surface area contributed by atoms with Crippen LogP contribution in [-0.4, -0.2) is 28.9 Å². The van der Waals surface area contributed by atoms with Crippen molar-refractivity contribution in [1.82, 2.24) is 9.88 Å². The highest BCUT2D eigenvalue weighted by Gasteiger charge is 2.26. The number of rotatable bonds is 2. The molecule has 1 saturated heterocycles. The number of halogens is 1. The van der Waals surface area contributed by atoms with Crippen LogP contribution in [0.5, 0.6) is 0 Å². The first-order valence-corrected chi connectivity index (χ1v) is 9.96. The number of pyridine rings is 1. The molecule has 4 rings (SSSR count). The molecule has 0 aliphatic carbocycles. The van der Waals surface area contributed by atoms with Gasteiger partial charge in [-0.15, -0.1) is 11.3 Å². The fourth-order valence-corrected chi connectivity index (χ4v) is 4.64. The number of fused-ring (bicyclic) bond motifs is 1. The van der Waals surface area contributed by atoms with Gasteiger partial charge in [0.25, 0.3) is 5.91 Å². The van der Waals surface area contributed by atoms with Crippen LogP contribution in [0.2, 0.25) is 5.02 Å². The van der Waals surface area contributed by atoms with Crippen molar-refractivity contribution in [1.29, 1.82) is 0 Å². The third-order valence-electron chi connectivity index (χ3n) is 4.87. The van der Waals surface area contributed by atoms with E-state index < -0.39 is 0 Å². The van der Waals surface area contributed by atoms with Crippen molar-refractivity contribution in [3.8, 4) is 11.3 Å². The molecule has 2 aromatic heterocycles. The molecule has 1 aliphatic rings. The van der Waals surface area contributed by atoms with Gasteiger partial charge in [-0.1, -0.05) is 30.7 Å². The standard InChI is InChI=1S/C20H20ClN3OS/c1-12-3-2-10-24(11-12)20(25)18-17(22)15-8-9-16(23-19(15)26-18)13-4-6-14(21)7-5-13/h4-9,12H,2-3,10-11,22H2,1H3. The summed E-state index contributed by atoms with van der Waals surface area (Å²) >= 11 is 7.35. The van der Waals surface area contributed by atoms with Gasteiger partial charge in [-0.2, -0.15) is 0 Å². The summed E-state index contributed by atoms with van der Waals surface area (Å²) in [6, 6.07) is 11.5. The van der Waals surface area contributed by atoms with Crippen molar-refractivity contribution < 1.29 is 4.79 Å². The monoisotopic (exact) mass is 385 g/mol. The minimum atomic E-state index is 0.0325. The quantitative estimate of drug-likeness (QED) is 0.669. The van der Waals surface area contributed by atoms with E-state index in [1.807, 2.05) is 41.3 Å². The van der Waals surface area contributed by atoms with Crippen LogP contribution in [0.1, 0.15) is 29.4 Å². The molecule has 26 heavy (non-hydrogen) atoms. The van der Waals surface area contributed by atoms with E-state index in [0.717, 1.165) is 41.0 Å². The molecule has 1 fully saturated rings. The first-order valence-electron chi connectivity index (χ1n) is 8.77. The van der Waals surface area contributed by atoms with Crippen molar-refractivity contribution >= 4 is 44.7 Å². The van der Waals surface area contributed by atoms with E-state index in [9.17, 15) is 4.79 Å². The first kappa shape index (κ1) is 17.3. The lowest BCUT2D eigenvalue weighted by Gasteiger charge is -2.30. The molecule has 3 aromatic rings. The molecular formula is C20H20ClN3OS. The van der Waals surface area contributed by atoms with Crippen LogP contribution >= 0.6 is 22.9 Å². The molecule has 0 saturated carbocycles. The number of piperidine rings is 1. The van der Waals surface area contributed by atoms with E-state index in [4.69, 9.17) is 22.3 Å². The largest absolute Gasteiger partial charge is 0.397 e. The van der Waals surface area contributed by atoms with Gasteiger partial charge < -0.3 is 10.6 Å². The molecule has 4 nitrogen and oxygen atoms in total. The van der Waals surface area contributed by atoms with E-state index in [2.05, 4.69) is 6.92 Å². The molecule has 1 aliphatic heterocycles. The Bertz CT molecular complexity index is 967. The second kappa shape index (κ2) is 6.89. The smallest absolute Gasteiger partial charge is 0.266 e. The highest BCUT2D eigenvalue weighted by atomic mass is 35.5. The highest BCUT2D eigenvalue weighted by molar-refractivity contribution is 7.21. The lowest BCUT2D eigenvalue weighted by Crippen LogP contribution is -2.38. The van der Waals surface area contributed by atoms with Crippen LogP contribution in [0, 0.1) is 5.92 Å². The first-order chi connectivity index (χ1) is 12.5. The number of likely N-dealkylation sites (tertiary alicyclic amines) is 1. The lowest BCUT2D eigenvalue weighted by atomic mass is 10.00. The lowest BCUT2D eigenvalue weighted by molar-refractivity contribution is 0.0689. The molecule has 1 aromatic carbocycles. The molecule has 134 valence electrons. The van der Waals surface area contributed by atoms with Gasteiger partial charge in [-0.3, -0.25) is 4.79 Å². The van der Waals surface area contributed by atoms with Crippen molar-refractivity contribution in [2.24, 2.45) is 5.92 Å².